The molecule has 0 atom stereocenters. The van der Waals surface area contributed by atoms with E-state index in [2.05, 4.69) is 4.98 Å². The zero-order valence-electron chi connectivity index (χ0n) is 8.44. The summed E-state index contributed by atoms with van der Waals surface area (Å²) in [7, 11) is 0. The monoisotopic (exact) mass is 231 g/mol. The average molecular weight is 231 g/mol. The molecule has 0 aliphatic heterocycles. The van der Waals surface area contributed by atoms with Crippen molar-refractivity contribution in [1.82, 2.24) is 4.98 Å². The van der Waals surface area contributed by atoms with Crippen LogP contribution in [0.5, 0.6) is 0 Å². The molecule has 14 heavy (non-hydrogen) atoms. The van der Waals surface area contributed by atoms with Crippen molar-refractivity contribution in [1.29, 1.82) is 0 Å². The van der Waals surface area contributed by atoms with Crippen LogP contribution >= 0.6 is 23.1 Å². The summed E-state index contributed by atoms with van der Waals surface area (Å²) in [5.41, 5.74) is 1.75. The minimum atomic E-state index is -0.539. The number of aromatic nitrogens is 1. The van der Waals surface area contributed by atoms with Crippen molar-refractivity contribution in [2.45, 2.75) is 29.7 Å². The molecular formula is C9H13NO2S2. The Bertz CT molecular complexity index is 296. The Morgan fingerprint density at radius 2 is 2.43 bits per heavy atom. The van der Waals surface area contributed by atoms with Crippen LogP contribution in [0.15, 0.2) is 15.9 Å². The molecule has 1 heterocycles. The van der Waals surface area contributed by atoms with Crippen LogP contribution in [0.2, 0.25) is 0 Å². The maximum atomic E-state index is 11.5. The van der Waals surface area contributed by atoms with E-state index in [1.165, 1.54) is 23.1 Å². The smallest absolute Gasteiger partial charge is 0.322 e. The van der Waals surface area contributed by atoms with Crippen molar-refractivity contribution in [2.24, 2.45) is 0 Å². The van der Waals surface area contributed by atoms with E-state index in [4.69, 9.17) is 4.74 Å². The fourth-order valence-corrected chi connectivity index (χ4v) is 2.91. The summed E-state index contributed by atoms with van der Waals surface area (Å²) in [5.74, 6) is -0.182. The Kier molecular flexibility index (Phi) is 3.95. The van der Waals surface area contributed by atoms with Crippen molar-refractivity contribution in [3.63, 3.8) is 0 Å². The lowest BCUT2D eigenvalue weighted by atomic mass is 10.2. The van der Waals surface area contributed by atoms with Crippen LogP contribution in [0.25, 0.3) is 0 Å². The first-order chi connectivity index (χ1) is 6.56. The molecule has 0 spiro atoms. The number of ether oxygens (including phenoxy) is 1. The second-order valence-corrected chi connectivity index (χ2v) is 5.96. The number of carbonyl (C=O) groups is 1. The maximum Gasteiger partial charge on any atom is 0.322 e. The molecule has 5 heteroatoms. The molecular weight excluding hydrogens is 218 g/mol. The Balaban J connectivity index is 2.61. The van der Waals surface area contributed by atoms with Crippen LogP contribution in [-0.2, 0) is 9.53 Å². The lowest BCUT2D eigenvalue weighted by Crippen LogP contribution is -2.29. The lowest BCUT2D eigenvalue weighted by molar-refractivity contribution is -0.145. The number of rotatable bonds is 4. The number of hydrogen-bond donors (Lipinski definition) is 0. The lowest BCUT2D eigenvalue weighted by Gasteiger charge is -2.20. The van der Waals surface area contributed by atoms with Crippen LogP contribution in [-0.4, -0.2) is 22.3 Å². The summed E-state index contributed by atoms with van der Waals surface area (Å²) in [5, 5.41) is 0. The molecule has 0 N–H and O–H groups in total. The zero-order chi connectivity index (χ0) is 10.6. The first-order valence-electron chi connectivity index (χ1n) is 4.31. The molecule has 1 aromatic rings. The highest BCUT2D eigenvalue weighted by atomic mass is 32.2. The number of nitrogens with zero attached hydrogens (tertiary/aromatic N) is 1. The molecule has 78 valence electrons. The molecule has 0 aromatic carbocycles. The van der Waals surface area contributed by atoms with E-state index < -0.39 is 4.75 Å². The standard InChI is InChI=1S/C9H13NO2S2/c1-4-12-8(11)9(2,3)14-7-5-10-6-13-7/h5-6H,4H2,1-3H3. The van der Waals surface area contributed by atoms with E-state index >= 15 is 0 Å². The molecule has 0 radical (unpaired) electrons. The predicted molar refractivity (Wildman–Crippen MR) is 58.7 cm³/mol. The second kappa shape index (κ2) is 4.79. The highest BCUT2D eigenvalue weighted by molar-refractivity contribution is 8.03. The van der Waals surface area contributed by atoms with E-state index in [0.29, 0.717) is 6.61 Å². The molecule has 3 nitrogen and oxygen atoms in total. The third kappa shape index (κ3) is 2.99. The third-order valence-corrected chi connectivity index (χ3v) is 3.62. The van der Waals surface area contributed by atoms with Crippen molar-refractivity contribution in [3.8, 4) is 0 Å². The van der Waals surface area contributed by atoms with Gasteiger partial charge in [0, 0.05) is 0 Å². The SMILES string of the molecule is CCOC(=O)C(C)(C)Sc1cncs1. The van der Waals surface area contributed by atoms with Gasteiger partial charge in [-0.25, -0.2) is 0 Å². The van der Waals surface area contributed by atoms with Gasteiger partial charge in [0.05, 0.1) is 22.5 Å². The highest BCUT2D eigenvalue weighted by Gasteiger charge is 2.30. The van der Waals surface area contributed by atoms with Gasteiger partial charge in [0.25, 0.3) is 0 Å². The van der Waals surface area contributed by atoms with Crippen LogP contribution in [0.1, 0.15) is 20.8 Å². The molecule has 0 saturated carbocycles. The number of thiazole rings is 1. The molecule has 0 aliphatic carbocycles. The van der Waals surface area contributed by atoms with Gasteiger partial charge in [0.1, 0.15) is 4.75 Å². The minimum Gasteiger partial charge on any atom is -0.465 e. The average Bonchev–Trinajstić information content (AvgIpc) is 2.56. The molecule has 0 bridgehead atoms. The minimum absolute atomic E-state index is 0.182. The second-order valence-electron chi connectivity index (χ2n) is 3.15. The van der Waals surface area contributed by atoms with Crippen LogP contribution in [0.3, 0.4) is 0 Å². The quantitative estimate of drug-likeness (QED) is 0.590. The Labute approximate surface area is 91.9 Å². The Morgan fingerprint density at radius 1 is 1.71 bits per heavy atom. The molecule has 0 aliphatic rings. The number of carbonyl (C=O) groups excluding carboxylic acids is 1. The van der Waals surface area contributed by atoms with Gasteiger partial charge >= 0.3 is 5.97 Å². The van der Waals surface area contributed by atoms with E-state index in [1.807, 2.05) is 20.8 Å². The fourth-order valence-electron chi connectivity index (χ4n) is 0.853. The van der Waals surface area contributed by atoms with Crippen molar-refractivity contribution in [2.75, 3.05) is 6.61 Å². The third-order valence-electron chi connectivity index (χ3n) is 1.53. The van der Waals surface area contributed by atoms with Crippen molar-refractivity contribution < 1.29 is 9.53 Å². The van der Waals surface area contributed by atoms with E-state index in [1.54, 1.807) is 11.7 Å². The van der Waals surface area contributed by atoms with Crippen molar-refractivity contribution in [3.05, 3.63) is 11.7 Å². The van der Waals surface area contributed by atoms with Gasteiger partial charge in [0.15, 0.2) is 0 Å². The van der Waals surface area contributed by atoms with Gasteiger partial charge < -0.3 is 4.74 Å². The summed E-state index contributed by atoms with van der Waals surface area (Å²) in [4.78, 5) is 15.5. The number of esters is 1. The van der Waals surface area contributed by atoms with E-state index in [0.717, 1.165) is 4.21 Å². The van der Waals surface area contributed by atoms with E-state index in [-0.39, 0.29) is 5.97 Å². The van der Waals surface area contributed by atoms with Gasteiger partial charge in [-0.2, -0.15) is 0 Å². The molecule has 0 amide bonds. The van der Waals surface area contributed by atoms with E-state index in [9.17, 15) is 4.79 Å². The summed E-state index contributed by atoms with van der Waals surface area (Å²) in [6, 6.07) is 0. The van der Waals surface area contributed by atoms with Gasteiger partial charge in [-0.05, 0) is 20.8 Å². The first kappa shape index (κ1) is 11.5. The van der Waals surface area contributed by atoms with Crippen LogP contribution < -0.4 is 0 Å². The zero-order valence-corrected chi connectivity index (χ0v) is 10.1. The van der Waals surface area contributed by atoms with Gasteiger partial charge in [-0.1, -0.05) is 11.8 Å². The van der Waals surface area contributed by atoms with Gasteiger partial charge in [0.2, 0.25) is 0 Å². The predicted octanol–water partition coefficient (Wildman–Crippen LogP) is 2.58. The Morgan fingerprint density at radius 3 is 2.93 bits per heavy atom. The summed E-state index contributed by atoms with van der Waals surface area (Å²) in [6.45, 7) is 5.95. The van der Waals surface area contributed by atoms with Crippen molar-refractivity contribution >= 4 is 29.1 Å². The summed E-state index contributed by atoms with van der Waals surface area (Å²) < 4.78 is 5.47. The van der Waals surface area contributed by atoms with Gasteiger partial charge in [-0.3, -0.25) is 9.78 Å². The largest absolute Gasteiger partial charge is 0.465 e. The molecule has 1 rings (SSSR count). The molecule has 0 fully saturated rings. The summed E-state index contributed by atoms with van der Waals surface area (Å²) in [6.07, 6.45) is 1.76. The first-order valence-corrected chi connectivity index (χ1v) is 6.00. The number of hydrogen-bond acceptors (Lipinski definition) is 5. The fraction of sp³-hybridized carbons (Fsp3) is 0.556. The summed E-state index contributed by atoms with van der Waals surface area (Å²) >= 11 is 3.01. The molecule has 0 saturated heterocycles. The topological polar surface area (TPSA) is 39.2 Å². The number of thioether (sulfide) groups is 1. The molecule has 1 aromatic heterocycles. The van der Waals surface area contributed by atoms with Crippen LogP contribution in [0.4, 0.5) is 0 Å². The normalized spacial score (nSPS) is 11.4. The molecule has 0 unspecified atom stereocenters. The van der Waals surface area contributed by atoms with Gasteiger partial charge in [-0.15, -0.1) is 11.3 Å². The highest BCUT2D eigenvalue weighted by Crippen LogP contribution is 2.35. The maximum absolute atomic E-state index is 11.5. The Hall–Kier alpha value is -0.550. The van der Waals surface area contributed by atoms with Crippen LogP contribution in [0, 0.1) is 0 Å².